The Balaban J connectivity index is 1.17. The fourth-order valence-corrected chi connectivity index (χ4v) is 5.72. The van der Waals surface area contributed by atoms with E-state index in [4.69, 9.17) is 15.9 Å². The van der Waals surface area contributed by atoms with E-state index < -0.39 is 12.7 Å². The molecule has 0 bridgehead atoms. The lowest BCUT2D eigenvalue weighted by atomic mass is 9.89. The number of halogens is 3. The second-order valence-electron chi connectivity index (χ2n) is 11.1. The summed E-state index contributed by atoms with van der Waals surface area (Å²) >= 11 is 0. The molecule has 224 valence electrons. The Morgan fingerprint density at radius 2 is 1.67 bits per heavy atom. The number of hydrogen-bond acceptors (Lipinski definition) is 7. The van der Waals surface area contributed by atoms with Crippen LogP contribution in [0.3, 0.4) is 0 Å². The summed E-state index contributed by atoms with van der Waals surface area (Å²) in [5.41, 5.74) is 10.1. The number of aliphatic hydroxyl groups is 1. The number of alkyl halides is 3. The monoisotopic (exact) mass is 582 g/mol. The maximum absolute atomic E-state index is 12.7. The smallest absolute Gasteiger partial charge is 0.401 e. The van der Waals surface area contributed by atoms with E-state index in [0.29, 0.717) is 48.8 Å². The minimum atomic E-state index is -4.16. The molecule has 2 saturated heterocycles. The molecule has 2 aromatic carbocycles. The molecule has 2 fully saturated rings. The Labute approximate surface area is 243 Å². The van der Waals surface area contributed by atoms with Crippen LogP contribution >= 0.6 is 0 Å². The van der Waals surface area contributed by atoms with Crippen LogP contribution in [0.5, 0.6) is 5.75 Å². The van der Waals surface area contributed by atoms with Gasteiger partial charge in [-0.2, -0.15) is 13.2 Å². The Morgan fingerprint density at radius 3 is 2.26 bits per heavy atom. The van der Waals surface area contributed by atoms with Crippen molar-refractivity contribution in [2.24, 2.45) is 0 Å². The van der Waals surface area contributed by atoms with Gasteiger partial charge in [-0.1, -0.05) is 30.8 Å². The number of nitrogens with zero attached hydrogens (tertiary/aromatic N) is 3. The summed E-state index contributed by atoms with van der Waals surface area (Å²) in [5.74, 6) is 1.80. The van der Waals surface area contributed by atoms with Crippen LogP contribution in [0, 0.1) is 5.41 Å². The zero-order chi connectivity index (χ0) is 29.9. The van der Waals surface area contributed by atoms with Crippen LogP contribution in [0.15, 0.2) is 60.8 Å². The molecule has 5 rings (SSSR count). The number of rotatable bonds is 9. The van der Waals surface area contributed by atoms with Gasteiger partial charge < -0.3 is 25.5 Å². The standard InChI is InChI=1S/C31H37F3N6O2/c1-20(18-41)40-16-12-26(13-17-40)42-25-8-6-23(7-9-25)27(35)28-29(36)38-30(37-28)24-4-2-21(3-5-24)22-10-14-39(15-11-22)19-31(32,33)34/h2-9,22,26,35,41H,1,10-19,36H2,(H,37,38). The quantitative estimate of drug-likeness (QED) is 0.259. The average molecular weight is 583 g/mol. The highest BCUT2D eigenvalue weighted by Crippen LogP contribution is 2.31. The Kier molecular flexibility index (Phi) is 8.88. The van der Waals surface area contributed by atoms with Crippen LogP contribution < -0.4 is 10.5 Å². The van der Waals surface area contributed by atoms with Crippen LogP contribution in [-0.2, 0) is 0 Å². The molecule has 42 heavy (non-hydrogen) atoms. The van der Waals surface area contributed by atoms with E-state index in [-0.39, 0.29) is 24.3 Å². The first-order chi connectivity index (χ1) is 20.1. The highest BCUT2D eigenvalue weighted by atomic mass is 19.4. The SMILES string of the molecule is C=C(CO)N1CCC(Oc2ccc(C(=N)c3nc(-c4ccc(C5CCN(CC(F)(F)F)CC5)cc4)[nH]c3N)cc2)CC1. The van der Waals surface area contributed by atoms with Gasteiger partial charge in [0.15, 0.2) is 0 Å². The van der Waals surface area contributed by atoms with Gasteiger partial charge in [-0.3, -0.25) is 10.3 Å². The number of benzene rings is 2. The molecule has 2 aliphatic rings. The summed E-state index contributed by atoms with van der Waals surface area (Å²) in [4.78, 5) is 11.2. The molecular formula is C31H37F3N6O2. The molecule has 0 unspecified atom stereocenters. The van der Waals surface area contributed by atoms with Crippen molar-refractivity contribution in [2.75, 3.05) is 45.1 Å². The molecule has 11 heteroatoms. The van der Waals surface area contributed by atoms with E-state index in [2.05, 4.69) is 21.4 Å². The van der Waals surface area contributed by atoms with Gasteiger partial charge in [-0.15, -0.1) is 0 Å². The molecule has 8 nitrogen and oxygen atoms in total. The summed E-state index contributed by atoms with van der Waals surface area (Å²) in [6, 6.07) is 15.2. The Hall–Kier alpha value is -3.83. The van der Waals surface area contributed by atoms with Gasteiger partial charge in [-0.25, -0.2) is 4.98 Å². The van der Waals surface area contributed by atoms with Crippen LogP contribution in [0.1, 0.15) is 48.4 Å². The van der Waals surface area contributed by atoms with E-state index >= 15 is 0 Å². The number of anilines is 1. The Bertz CT molecular complexity index is 1370. The molecular weight excluding hydrogens is 545 g/mol. The lowest BCUT2D eigenvalue weighted by Gasteiger charge is -2.34. The van der Waals surface area contributed by atoms with Gasteiger partial charge >= 0.3 is 6.18 Å². The maximum atomic E-state index is 12.7. The van der Waals surface area contributed by atoms with E-state index in [0.717, 1.165) is 48.5 Å². The zero-order valence-electron chi connectivity index (χ0n) is 23.5. The second kappa shape index (κ2) is 12.6. The van der Waals surface area contributed by atoms with E-state index in [1.165, 1.54) is 4.90 Å². The number of ether oxygens (including phenoxy) is 1. The summed E-state index contributed by atoms with van der Waals surface area (Å²) in [6.07, 6.45) is -1.03. The molecule has 5 N–H and O–H groups in total. The van der Waals surface area contributed by atoms with Crippen LogP contribution in [-0.4, -0.2) is 82.2 Å². The van der Waals surface area contributed by atoms with Crippen LogP contribution in [0.25, 0.3) is 11.4 Å². The van der Waals surface area contributed by atoms with Gasteiger partial charge in [0.1, 0.15) is 29.2 Å². The maximum Gasteiger partial charge on any atom is 0.401 e. The number of nitrogens with two attached hydrogens (primary N) is 1. The predicted molar refractivity (Wildman–Crippen MR) is 157 cm³/mol. The number of aromatic nitrogens is 2. The van der Waals surface area contributed by atoms with Crippen LogP contribution in [0.2, 0.25) is 0 Å². The molecule has 0 spiro atoms. The van der Waals surface area contributed by atoms with Gasteiger partial charge in [0.25, 0.3) is 0 Å². The summed E-state index contributed by atoms with van der Waals surface area (Å²) in [7, 11) is 0. The number of hydrogen-bond donors (Lipinski definition) is 4. The minimum Gasteiger partial charge on any atom is -0.490 e. The van der Waals surface area contributed by atoms with Gasteiger partial charge in [0.2, 0.25) is 0 Å². The van der Waals surface area contributed by atoms with Crippen molar-refractivity contribution in [1.29, 1.82) is 5.41 Å². The highest BCUT2D eigenvalue weighted by Gasteiger charge is 2.32. The molecule has 0 radical (unpaired) electrons. The van der Waals surface area contributed by atoms with Crippen molar-refractivity contribution < 1.29 is 23.0 Å². The molecule has 0 saturated carbocycles. The van der Waals surface area contributed by atoms with Gasteiger partial charge in [-0.05, 0) is 61.7 Å². The second-order valence-corrected chi connectivity index (χ2v) is 11.1. The summed E-state index contributed by atoms with van der Waals surface area (Å²) < 4.78 is 44.2. The number of aromatic amines is 1. The third kappa shape index (κ3) is 7.14. The van der Waals surface area contributed by atoms with Crippen molar-refractivity contribution in [2.45, 2.75) is 43.9 Å². The highest BCUT2D eigenvalue weighted by molar-refractivity contribution is 6.12. The molecule has 0 aliphatic carbocycles. The van der Waals surface area contributed by atoms with Gasteiger partial charge in [0, 0.05) is 42.8 Å². The zero-order valence-corrected chi connectivity index (χ0v) is 23.5. The van der Waals surface area contributed by atoms with Crippen molar-refractivity contribution in [3.8, 4) is 17.1 Å². The predicted octanol–water partition coefficient (Wildman–Crippen LogP) is 5.17. The lowest BCUT2D eigenvalue weighted by Crippen LogP contribution is -2.39. The van der Waals surface area contributed by atoms with Crippen molar-refractivity contribution in [3.63, 3.8) is 0 Å². The van der Waals surface area contributed by atoms with Gasteiger partial charge in [0.05, 0.1) is 18.9 Å². The van der Waals surface area contributed by atoms with E-state index in [9.17, 15) is 18.3 Å². The number of piperidine rings is 2. The lowest BCUT2D eigenvalue weighted by molar-refractivity contribution is -0.147. The molecule has 2 aliphatic heterocycles. The van der Waals surface area contributed by atoms with Crippen LogP contribution in [0.4, 0.5) is 19.0 Å². The molecule has 0 amide bonds. The first-order valence-corrected chi connectivity index (χ1v) is 14.2. The largest absolute Gasteiger partial charge is 0.490 e. The van der Waals surface area contributed by atoms with E-state index in [1.807, 2.05) is 48.5 Å². The number of nitrogen functional groups attached to an aromatic ring is 1. The number of H-pyrrole nitrogens is 1. The normalized spacial score (nSPS) is 17.4. The van der Waals surface area contributed by atoms with Crippen molar-refractivity contribution in [3.05, 3.63) is 77.6 Å². The third-order valence-corrected chi connectivity index (χ3v) is 8.13. The average Bonchev–Trinajstić information content (AvgIpc) is 3.38. The minimum absolute atomic E-state index is 0.0357. The van der Waals surface area contributed by atoms with E-state index in [1.54, 1.807) is 0 Å². The first-order valence-electron chi connectivity index (χ1n) is 14.2. The fraction of sp³-hybridized carbons (Fsp3) is 0.419. The molecule has 0 atom stereocenters. The summed E-state index contributed by atoms with van der Waals surface area (Å²) in [5, 5.41) is 18.0. The Morgan fingerprint density at radius 1 is 1.02 bits per heavy atom. The van der Waals surface area contributed by atoms with Crippen molar-refractivity contribution in [1.82, 2.24) is 19.8 Å². The number of aliphatic hydroxyl groups excluding tert-OH is 1. The molecule has 1 aromatic heterocycles. The number of likely N-dealkylation sites (tertiary alicyclic amines) is 2. The number of imidazole rings is 1. The van der Waals surface area contributed by atoms with Crippen molar-refractivity contribution >= 4 is 11.5 Å². The summed E-state index contributed by atoms with van der Waals surface area (Å²) in [6.45, 7) is 5.45. The molecule has 3 aromatic rings. The third-order valence-electron chi connectivity index (χ3n) is 8.13. The first kappa shape index (κ1) is 29.7. The molecule has 3 heterocycles. The number of nitrogens with one attached hydrogen (secondary N) is 2. The fourth-order valence-electron chi connectivity index (χ4n) is 5.72. The topological polar surface area (TPSA) is 114 Å².